The third-order valence-electron chi connectivity index (χ3n) is 6.11. The van der Waals surface area contributed by atoms with E-state index >= 15 is 0 Å². The van der Waals surface area contributed by atoms with E-state index in [1.165, 1.54) is 0 Å². The summed E-state index contributed by atoms with van der Waals surface area (Å²) >= 11 is 0. The van der Waals surface area contributed by atoms with E-state index in [1.807, 2.05) is 6.07 Å². The van der Waals surface area contributed by atoms with Gasteiger partial charge in [0.1, 0.15) is 23.2 Å². The molecule has 0 bridgehead atoms. The van der Waals surface area contributed by atoms with Gasteiger partial charge in [0.25, 0.3) is 0 Å². The van der Waals surface area contributed by atoms with E-state index in [4.69, 9.17) is 14.1 Å². The van der Waals surface area contributed by atoms with E-state index < -0.39 is 13.1 Å². The minimum atomic E-state index is -1.16. The molecule has 10 heteroatoms. The van der Waals surface area contributed by atoms with Crippen molar-refractivity contribution < 1.29 is 33.8 Å². The fraction of sp³-hybridized carbons (Fsp3) is 0.579. The van der Waals surface area contributed by atoms with Crippen LogP contribution in [0.25, 0.3) is 0 Å². The summed E-state index contributed by atoms with van der Waals surface area (Å²) in [5.74, 6) is -0.541. The van der Waals surface area contributed by atoms with Crippen molar-refractivity contribution in [2.45, 2.75) is 36.8 Å². The highest BCUT2D eigenvalue weighted by molar-refractivity contribution is 6.48. The molecule has 0 spiro atoms. The summed E-state index contributed by atoms with van der Waals surface area (Å²) in [6.07, 6.45) is 0.744. The van der Waals surface area contributed by atoms with Crippen LogP contribution in [0, 0.1) is 0 Å². The summed E-state index contributed by atoms with van der Waals surface area (Å²) in [6.45, 7) is 2.90. The number of aromatic carboxylic acids is 1. The number of fused-ring (bicyclic) bond motifs is 3. The average Bonchev–Trinajstić information content (AvgIpc) is 3.46. The van der Waals surface area contributed by atoms with Crippen LogP contribution in [0.1, 0.15) is 34.7 Å². The van der Waals surface area contributed by atoms with Gasteiger partial charge in [-0.05, 0) is 24.0 Å². The largest absolute Gasteiger partial charge is 0.535 e. The summed E-state index contributed by atoms with van der Waals surface area (Å²) in [7, 11) is -0.978. The number of amides is 1. The van der Waals surface area contributed by atoms with Crippen molar-refractivity contribution in [3.8, 4) is 11.5 Å². The Kier molecular flexibility index (Phi) is 4.64. The van der Waals surface area contributed by atoms with Crippen molar-refractivity contribution >= 4 is 19.0 Å². The van der Waals surface area contributed by atoms with Gasteiger partial charge in [-0.1, -0.05) is 6.07 Å². The molecule has 1 amide bonds. The summed E-state index contributed by atoms with van der Waals surface area (Å²) < 4.78 is 17.0. The highest BCUT2D eigenvalue weighted by atomic mass is 16.5. The third kappa shape index (κ3) is 3.45. The van der Waals surface area contributed by atoms with Crippen LogP contribution in [0.3, 0.4) is 0 Å². The van der Waals surface area contributed by atoms with Crippen LogP contribution in [-0.2, 0) is 9.53 Å². The number of rotatable bonds is 5. The number of carbonyl (C=O) groups excluding carboxylic acids is 1. The molecule has 5 rings (SSSR count). The first-order valence-electron chi connectivity index (χ1n) is 10.0. The summed E-state index contributed by atoms with van der Waals surface area (Å²) in [5.41, 5.74) is 0.759. The van der Waals surface area contributed by atoms with Gasteiger partial charge >= 0.3 is 13.1 Å². The minimum absolute atomic E-state index is 0.00804. The maximum Gasteiger partial charge on any atom is 0.526 e. The molecule has 9 nitrogen and oxygen atoms in total. The zero-order valence-corrected chi connectivity index (χ0v) is 15.9. The molecular weight excluding hydrogens is 379 g/mol. The number of ether oxygens (including phenoxy) is 2. The first-order chi connectivity index (χ1) is 14.0. The van der Waals surface area contributed by atoms with E-state index in [0.29, 0.717) is 32.7 Å². The predicted octanol–water partition coefficient (Wildman–Crippen LogP) is 0.0833. The lowest BCUT2D eigenvalue weighted by atomic mass is 9.77. The standard InChI is InChI=1S/C19H23BN2O7/c23-16(5-10-7-21-3-4-27-10)22-8-11(9-22)28-15-2-1-12-13-6-14(13)20(26)29-18(12)17(15)19(24)25/h1-2,10-11,13-14,21,26H,3-9H2,(H,24,25)/t10-,13+,14+/m0/s1. The molecular formula is C19H23BN2O7. The van der Waals surface area contributed by atoms with Crippen LogP contribution in [0.15, 0.2) is 12.1 Å². The molecule has 1 saturated carbocycles. The lowest BCUT2D eigenvalue weighted by molar-refractivity contribution is -0.143. The number of carboxylic acids is 1. The van der Waals surface area contributed by atoms with Gasteiger partial charge in [-0.15, -0.1) is 0 Å². The summed E-state index contributed by atoms with van der Waals surface area (Å²) in [5, 5.41) is 22.9. The van der Waals surface area contributed by atoms with Gasteiger partial charge in [-0.2, -0.15) is 0 Å². The molecule has 3 atom stereocenters. The number of benzene rings is 1. The topological polar surface area (TPSA) is 118 Å². The summed E-state index contributed by atoms with van der Waals surface area (Å²) in [4.78, 5) is 25.9. The Morgan fingerprint density at radius 3 is 2.90 bits per heavy atom. The molecule has 29 heavy (non-hydrogen) atoms. The lowest BCUT2D eigenvalue weighted by Crippen LogP contribution is -2.57. The van der Waals surface area contributed by atoms with Crippen LogP contribution < -0.4 is 14.7 Å². The minimum Gasteiger partial charge on any atom is -0.535 e. The van der Waals surface area contributed by atoms with Crippen molar-refractivity contribution in [1.82, 2.24) is 10.2 Å². The van der Waals surface area contributed by atoms with Crippen LogP contribution in [0.5, 0.6) is 11.5 Å². The van der Waals surface area contributed by atoms with Crippen molar-refractivity contribution in [2.24, 2.45) is 0 Å². The van der Waals surface area contributed by atoms with Gasteiger partial charge in [0.15, 0.2) is 0 Å². The SMILES string of the molecule is O=C(O)c1c(OC2CN(C(=O)C[C@H]3CNCCO3)C2)ccc2c1OB(O)[C@@H]1C[C@H]21. The van der Waals surface area contributed by atoms with E-state index in [9.17, 15) is 19.7 Å². The van der Waals surface area contributed by atoms with Gasteiger partial charge in [0, 0.05) is 18.9 Å². The number of hydrogen-bond acceptors (Lipinski definition) is 7. The number of nitrogens with one attached hydrogen (secondary N) is 1. The number of carboxylic acid groups (broad SMARTS) is 1. The molecule has 4 aliphatic rings. The van der Waals surface area contributed by atoms with Crippen molar-refractivity contribution in [1.29, 1.82) is 0 Å². The Bertz CT molecular complexity index is 838. The number of hydrogen-bond donors (Lipinski definition) is 3. The van der Waals surface area contributed by atoms with Gasteiger partial charge in [-0.25, -0.2) is 4.79 Å². The summed E-state index contributed by atoms with van der Waals surface area (Å²) in [6, 6.07) is 3.48. The van der Waals surface area contributed by atoms with Crippen LogP contribution in [-0.4, -0.2) is 79.0 Å². The zero-order chi connectivity index (χ0) is 20.1. The highest BCUT2D eigenvalue weighted by Gasteiger charge is 2.54. The van der Waals surface area contributed by atoms with Crippen LogP contribution >= 0.6 is 0 Å². The number of nitrogens with zero attached hydrogens (tertiary/aromatic N) is 1. The van der Waals surface area contributed by atoms with Crippen LogP contribution in [0.4, 0.5) is 0 Å². The second-order valence-electron chi connectivity index (χ2n) is 8.12. The molecule has 154 valence electrons. The molecule has 2 saturated heterocycles. The zero-order valence-electron chi connectivity index (χ0n) is 15.9. The van der Waals surface area contributed by atoms with Gasteiger partial charge in [-0.3, -0.25) is 4.79 Å². The van der Waals surface area contributed by atoms with E-state index in [-0.39, 0.29) is 46.9 Å². The molecule has 3 N–H and O–H groups in total. The monoisotopic (exact) mass is 402 g/mol. The first-order valence-corrected chi connectivity index (χ1v) is 10.0. The van der Waals surface area contributed by atoms with E-state index in [1.54, 1.807) is 11.0 Å². The number of morpholine rings is 1. The Balaban J connectivity index is 1.23. The molecule has 1 aromatic carbocycles. The fourth-order valence-electron chi connectivity index (χ4n) is 4.37. The number of likely N-dealkylation sites (tertiary alicyclic amines) is 1. The number of carbonyl (C=O) groups is 2. The Morgan fingerprint density at radius 2 is 2.17 bits per heavy atom. The lowest BCUT2D eigenvalue weighted by Gasteiger charge is -2.40. The Morgan fingerprint density at radius 1 is 1.34 bits per heavy atom. The second-order valence-corrected chi connectivity index (χ2v) is 8.12. The van der Waals surface area contributed by atoms with E-state index in [2.05, 4.69) is 5.32 Å². The third-order valence-corrected chi connectivity index (χ3v) is 6.11. The smallest absolute Gasteiger partial charge is 0.526 e. The highest BCUT2D eigenvalue weighted by Crippen LogP contribution is 2.60. The predicted molar refractivity (Wildman–Crippen MR) is 101 cm³/mol. The van der Waals surface area contributed by atoms with Crippen molar-refractivity contribution in [3.05, 3.63) is 23.3 Å². The van der Waals surface area contributed by atoms with Crippen LogP contribution in [0.2, 0.25) is 5.82 Å². The van der Waals surface area contributed by atoms with Crippen molar-refractivity contribution in [2.75, 3.05) is 32.8 Å². The average molecular weight is 402 g/mol. The first kappa shape index (κ1) is 18.7. The fourth-order valence-corrected chi connectivity index (χ4v) is 4.37. The molecule has 3 fully saturated rings. The van der Waals surface area contributed by atoms with E-state index in [0.717, 1.165) is 18.5 Å². The molecule has 3 heterocycles. The molecule has 0 unspecified atom stereocenters. The van der Waals surface area contributed by atoms with Gasteiger partial charge in [0.2, 0.25) is 5.91 Å². The molecule has 1 aromatic rings. The Hall–Kier alpha value is -2.30. The normalized spacial score (nSPS) is 28.0. The van der Waals surface area contributed by atoms with Crippen molar-refractivity contribution in [3.63, 3.8) is 0 Å². The molecule has 0 radical (unpaired) electrons. The molecule has 3 aliphatic heterocycles. The molecule has 1 aliphatic carbocycles. The quantitative estimate of drug-likeness (QED) is 0.593. The maximum absolute atomic E-state index is 12.4. The molecule has 0 aromatic heterocycles. The second kappa shape index (κ2) is 7.19. The Labute approximate surface area is 168 Å². The van der Waals surface area contributed by atoms with Gasteiger partial charge < -0.3 is 34.5 Å². The maximum atomic E-state index is 12.4. The van der Waals surface area contributed by atoms with Gasteiger partial charge in [0.05, 0.1) is 32.2 Å².